The van der Waals surface area contributed by atoms with E-state index in [1.807, 2.05) is 19.1 Å². The van der Waals surface area contributed by atoms with Crippen molar-refractivity contribution in [3.8, 4) is 0 Å². The van der Waals surface area contributed by atoms with Gasteiger partial charge in [-0.1, -0.05) is 48.9 Å². The summed E-state index contributed by atoms with van der Waals surface area (Å²) in [6.45, 7) is 1.84. The molecule has 6 nitrogen and oxygen atoms in total. The van der Waals surface area contributed by atoms with Gasteiger partial charge >= 0.3 is 29.6 Å². The number of benzene rings is 2. The first-order valence-corrected chi connectivity index (χ1v) is 9.53. The minimum absolute atomic E-state index is 0. The molecule has 1 aliphatic carbocycles. The average molecular weight is 413 g/mol. The van der Waals surface area contributed by atoms with Crippen molar-refractivity contribution < 1.29 is 47.3 Å². The summed E-state index contributed by atoms with van der Waals surface area (Å²) in [7, 11) is -4.77. The Kier molecular flexibility index (Phi) is 7.02. The molecule has 0 atom stereocenters. The van der Waals surface area contributed by atoms with E-state index in [0.29, 0.717) is 17.5 Å². The van der Waals surface area contributed by atoms with Crippen molar-refractivity contribution in [2.24, 2.45) is 5.10 Å². The first kappa shape index (κ1) is 21.8. The van der Waals surface area contributed by atoms with Crippen LogP contribution in [0.5, 0.6) is 0 Å². The number of anilines is 1. The van der Waals surface area contributed by atoms with Crippen LogP contribution >= 0.6 is 11.6 Å². The Labute approximate surface area is 184 Å². The van der Waals surface area contributed by atoms with Gasteiger partial charge in [0.05, 0.1) is 10.6 Å². The number of rotatable bonds is 4. The zero-order valence-electron chi connectivity index (χ0n) is 14.7. The van der Waals surface area contributed by atoms with E-state index in [2.05, 4.69) is 10.5 Å². The smallest absolute Gasteiger partial charge is 0.744 e. The van der Waals surface area contributed by atoms with Crippen LogP contribution in [0.1, 0.15) is 23.6 Å². The number of carbonyl (C=O) groups excluding carboxylic acids is 1. The van der Waals surface area contributed by atoms with Gasteiger partial charge in [0.25, 0.3) is 0 Å². The molecule has 0 aliphatic heterocycles. The van der Waals surface area contributed by atoms with E-state index in [9.17, 15) is 17.8 Å². The quantitative estimate of drug-likeness (QED) is 0.440. The normalized spacial score (nSPS) is 14.6. The molecule has 0 heterocycles. The maximum atomic E-state index is 12.2. The van der Waals surface area contributed by atoms with E-state index in [4.69, 9.17) is 11.6 Å². The average Bonchev–Trinajstić information content (AvgIpc) is 2.60. The molecule has 27 heavy (non-hydrogen) atoms. The van der Waals surface area contributed by atoms with Gasteiger partial charge in [0.2, 0.25) is 5.78 Å². The maximum Gasteiger partial charge on any atom is 1.00 e. The molecule has 3 rings (SSSR count). The van der Waals surface area contributed by atoms with Gasteiger partial charge in [-0.2, -0.15) is 5.10 Å². The van der Waals surface area contributed by atoms with Crippen LogP contribution < -0.4 is 35.0 Å². The summed E-state index contributed by atoms with van der Waals surface area (Å²) < 4.78 is 34.6. The predicted molar refractivity (Wildman–Crippen MR) is 99.4 cm³/mol. The zero-order chi connectivity index (χ0) is 18.9. The van der Waals surface area contributed by atoms with Gasteiger partial charge in [0.1, 0.15) is 15.8 Å². The Morgan fingerprint density at radius 2 is 1.89 bits per heavy atom. The number of hydrazone groups is 1. The molecule has 0 amide bonds. The second kappa shape index (κ2) is 8.68. The summed E-state index contributed by atoms with van der Waals surface area (Å²) in [4.78, 5) is 11.7. The summed E-state index contributed by atoms with van der Waals surface area (Å²) in [6, 6.07) is 9.72. The predicted octanol–water partition coefficient (Wildman–Crippen LogP) is 0.223. The fraction of sp³-hybridized carbons (Fsp3) is 0.111. The second-order valence-electron chi connectivity index (χ2n) is 5.60. The van der Waals surface area contributed by atoms with Crippen molar-refractivity contribution >= 4 is 45.0 Å². The van der Waals surface area contributed by atoms with Gasteiger partial charge in [-0.3, -0.25) is 10.2 Å². The van der Waals surface area contributed by atoms with Crippen LogP contribution in [0.15, 0.2) is 52.5 Å². The number of ketones is 1. The minimum atomic E-state index is -4.77. The van der Waals surface area contributed by atoms with Crippen LogP contribution in [-0.2, 0) is 21.3 Å². The number of carbonyl (C=O) groups is 1. The van der Waals surface area contributed by atoms with Crippen LogP contribution in [0.3, 0.4) is 0 Å². The number of halogens is 1. The summed E-state index contributed by atoms with van der Waals surface area (Å²) in [6.07, 6.45) is 3.60. The molecule has 0 spiro atoms. The van der Waals surface area contributed by atoms with Crippen molar-refractivity contribution in [2.75, 3.05) is 5.43 Å². The zero-order valence-corrected chi connectivity index (χ0v) is 18.3. The van der Waals surface area contributed by atoms with E-state index in [1.165, 1.54) is 12.1 Å². The van der Waals surface area contributed by atoms with Crippen molar-refractivity contribution in [3.05, 3.63) is 64.2 Å². The SMILES string of the molecule is CCc1cc(N/N=C2/C(=O)C=Cc3ccccc32)c(S(=O)(=O)[O-])cc1Cl.[Na+]. The van der Waals surface area contributed by atoms with Crippen LogP contribution in [0, 0.1) is 0 Å². The number of nitrogens with one attached hydrogen (secondary N) is 1. The molecule has 0 aromatic heterocycles. The van der Waals surface area contributed by atoms with Gasteiger partial charge in [-0.05, 0) is 35.8 Å². The number of hydrogen-bond donors (Lipinski definition) is 1. The minimum Gasteiger partial charge on any atom is -0.744 e. The van der Waals surface area contributed by atoms with E-state index < -0.39 is 15.0 Å². The first-order valence-electron chi connectivity index (χ1n) is 7.75. The van der Waals surface area contributed by atoms with Gasteiger partial charge < -0.3 is 4.55 Å². The number of hydrogen-bond acceptors (Lipinski definition) is 6. The maximum absolute atomic E-state index is 12.2. The van der Waals surface area contributed by atoms with Crippen LogP contribution in [-0.4, -0.2) is 24.5 Å². The Bertz CT molecular complexity index is 1070. The molecule has 134 valence electrons. The summed E-state index contributed by atoms with van der Waals surface area (Å²) in [5.41, 5.74) is 4.75. The number of fused-ring (bicyclic) bond motifs is 1. The third-order valence-electron chi connectivity index (χ3n) is 3.95. The molecule has 1 aliphatic rings. The topological polar surface area (TPSA) is 98.7 Å². The van der Waals surface area contributed by atoms with Gasteiger partial charge in [-0.25, -0.2) is 8.42 Å². The largest absolute Gasteiger partial charge is 1.00 e. The summed E-state index contributed by atoms with van der Waals surface area (Å²) in [5.74, 6) is -0.326. The molecule has 9 heteroatoms. The molecular formula is C18H14ClN2NaO4S. The van der Waals surface area contributed by atoms with Crippen molar-refractivity contribution in [1.29, 1.82) is 0 Å². The van der Waals surface area contributed by atoms with E-state index in [-0.39, 0.29) is 51.8 Å². The third-order valence-corrected chi connectivity index (χ3v) is 5.18. The van der Waals surface area contributed by atoms with Gasteiger partial charge in [0.15, 0.2) is 0 Å². The van der Waals surface area contributed by atoms with E-state index in [1.54, 1.807) is 18.2 Å². The fourth-order valence-electron chi connectivity index (χ4n) is 2.63. The Balaban J connectivity index is 0.00000261. The molecule has 0 unspecified atom stereocenters. The van der Waals surface area contributed by atoms with Crippen molar-refractivity contribution in [1.82, 2.24) is 0 Å². The molecule has 2 aromatic carbocycles. The molecular weight excluding hydrogens is 399 g/mol. The monoisotopic (exact) mass is 412 g/mol. The molecule has 0 radical (unpaired) electrons. The number of aryl methyl sites for hydroxylation is 1. The Morgan fingerprint density at radius 3 is 2.56 bits per heavy atom. The van der Waals surface area contributed by atoms with Crippen LogP contribution in [0.25, 0.3) is 6.08 Å². The number of nitrogens with zero attached hydrogens (tertiary/aromatic N) is 1. The standard InChI is InChI=1S/C18H15ClN2O4S.Na/c1-2-11-9-15(17(10-14(11)19)26(23,24)25)20-21-18-13-6-4-3-5-12(13)7-8-16(18)22;/h3-10,20H,2H2,1H3,(H,23,24,25);/q;+1/p-1/b21-18+;. The van der Waals surface area contributed by atoms with E-state index >= 15 is 0 Å². The van der Waals surface area contributed by atoms with Crippen LogP contribution in [0.2, 0.25) is 5.02 Å². The first-order chi connectivity index (χ1) is 12.3. The van der Waals surface area contributed by atoms with E-state index in [0.717, 1.165) is 11.6 Å². The number of allylic oxidation sites excluding steroid dienone is 1. The van der Waals surface area contributed by atoms with Gasteiger partial charge in [-0.15, -0.1) is 0 Å². The molecule has 2 aromatic rings. The second-order valence-corrected chi connectivity index (χ2v) is 7.36. The molecule has 1 N–H and O–H groups in total. The van der Waals surface area contributed by atoms with Crippen molar-refractivity contribution in [3.63, 3.8) is 0 Å². The summed E-state index contributed by atoms with van der Waals surface area (Å²) in [5, 5.41) is 4.26. The molecule has 0 bridgehead atoms. The Morgan fingerprint density at radius 1 is 1.19 bits per heavy atom. The van der Waals surface area contributed by atoms with Crippen LogP contribution in [0.4, 0.5) is 5.69 Å². The molecule has 0 saturated heterocycles. The Hall–Kier alpha value is -1.48. The molecule has 0 fully saturated rings. The summed E-state index contributed by atoms with van der Waals surface area (Å²) >= 11 is 6.02. The fourth-order valence-corrected chi connectivity index (χ4v) is 3.63. The van der Waals surface area contributed by atoms with Crippen molar-refractivity contribution in [2.45, 2.75) is 18.2 Å². The molecule has 0 saturated carbocycles. The van der Waals surface area contributed by atoms with Gasteiger partial charge in [0, 0.05) is 10.6 Å². The third kappa shape index (κ3) is 4.68.